The van der Waals surface area contributed by atoms with Gasteiger partial charge in [0.25, 0.3) is 0 Å². The van der Waals surface area contributed by atoms with Crippen molar-refractivity contribution in [2.24, 2.45) is 0 Å². The molecule has 1 aliphatic heterocycles. The number of carbonyl (C=O) groups is 1. The number of carbonyl (C=O) groups excluding carboxylic acids is 1. The molecule has 2 rings (SSSR count). The number of amides is 1. The van der Waals surface area contributed by atoms with E-state index >= 15 is 0 Å². The van der Waals surface area contributed by atoms with E-state index in [4.69, 9.17) is 4.74 Å². The average Bonchev–Trinajstić information content (AvgIpc) is 2.46. The Bertz CT molecular complexity index is 526. The van der Waals surface area contributed by atoms with E-state index in [1.807, 2.05) is 11.0 Å². The summed E-state index contributed by atoms with van der Waals surface area (Å²) in [6, 6.07) is 6.22. The van der Waals surface area contributed by atoms with Crippen molar-refractivity contribution in [1.29, 1.82) is 0 Å². The quantitative estimate of drug-likeness (QED) is 0.790. The van der Waals surface area contributed by atoms with Crippen LogP contribution in [0.1, 0.15) is 44.6 Å². The SMILES string of the molecule is CC(C)c1ccc([N+](C)(C)C)c(OC(=O)N2CCCCC2)c1. The monoisotopic (exact) mass is 305 g/mol. The van der Waals surface area contributed by atoms with Crippen molar-refractivity contribution >= 4 is 11.8 Å². The molecular weight excluding hydrogens is 276 g/mol. The smallest absolute Gasteiger partial charge is 0.404 e. The van der Waals surface area contributed by atoms with E-state index in [2.05, 4.69) is 47.1 Å². The normalized spacial score (nSPS) is 16.0. The summed E-state index contributed by atoms with van der Waals surface area (Å²) in [5.74, 6) is 1.10. The highest BCUT2D eigenvalue weighted by atomic mass is 16.6. The Morgan fingerprint density at radius 3 is 2.32 bits per heavy atom. The molecule has 1 amide bonds. The highest BCUT2D eigenvalue weighted by Crippen LogP contribution is 2.34. The topological polar surface area (TPSA) is 29.5 Å². The molecular formula is C18H29N2O2+. The van der Waals surface area contributed by atoms with Crippen molar-refractivity contribution in [3.05, 3.63) is 23.8 Å². The highest BCUT2D eigenvalue weighted by molar-refractivity contribution is 5.73. The fourth-order valence-electron chi connectivity index (χ4n) is 2.76. The second-order valence-corrected chi connectivity index (χ2v) is 7.31. The molecule has 4 heteroatoms. The molecule has 0 N–H and O–H groups in total. The fourth-order valence-corrected chi connectivity index (χ4v) is 2.76. The van der Waals surface area contributed by atoms with Crippen LogP contribution >= 0.6 is 0 Å². The van der Waals surface area contributed by atoms with E-state index in [0.29, 0.717) is 16.2 Å². The van der Waals surface area contributed by atoms with Crippen LogP contribution in [0.4, 0.5) is 10.5 Å². The van der Waals surface area contributed by atoms with Gasteiger partial charge >= 0.3 is 6.09 Å². The molecule has 22 heavy (non-hydrogen) atoms. The lowest BCUT2D eigenvalue weighted by molar-refractivity contribution is 0.142. The molecule has 0 atom stereocenters. The number of hydrogen-bond donors (Lipinski definition) is 0. The number of piperidine rings is 1. The maximum Gasteiger partial charge on any atom is 0.415 e. The minimum Gasteiger partial charge on any atom is -0.404 e. The first-order valence-corrected chi connectivity index (χ1v) is 8.22. The Morgan fingerprint density at radius 2 is 1.77 bits per heavy atom. The molecule has 1 fully saturated rings. The number of benzene rings is 1. The minimum atomic E-state index is -0.213. The molecule has 0 radical (unpaired) electrons. The first kappa shape index (κ1) is 16.8. The van der Waals surface area contributed by atoms with Gasteiger partial charge in [-0.05, 0) is 36.8 Å². The van der Waals surface area contributed by atoms with E-state index < -0.39 is 0 Å². The summed E-state index contributed by atoms with van der Waals surface area (Å²) in [5.41, 5.74) is 2.22. The van der Waals surface area contributed by atoms with Crippen LogP contribution < -0.4 is 9.22 Å². The number of ether oxygens (including phenoxy) is 1. The van der Waals surface area contributed by atoms with Gasteiger partial charge in [-0.25, -0.2) is 4.79 Å². The summed E-state index contributed by atoms with van der Waals surface area (Å²) in [6.07, 6.45) is 3.14. The third kappa shape index (κ3) is 4.01. The lowest BCUT2D eigenvalue weighted by atomic mass is 10.0. The summed E-state index contributed by atoms with van der Waals surface area (Å²) in [7, 11) is 6.26. The number of likely N-dealkylation sites (tertiary alicyclic amines) is 1. The van der Waals surface area contributed by atoms with Crippen LogP contribution in [0.3, 0.4) is 0 Å². The zero-order valence-corrected chi connectivity index (χ0v) is 14.6. The van der Waals surface area contributed by atoms with Crippen LogP contribution in [0.25, 0.3) is 0 Å². The fraction of sp³-hybridized carbons (Fsp3) is 0.611. The Hall–Kier alpha value is -1.55. The van der Waals surface area contributed by atoms with Gasteiger partial charge < -0.3 is 9.64 Å². The van der Waals surface area contributed by atoms with Crippen molar-refractivity contribution in [2.75, 3.05) is 34.2 Å². The van der Waals surface area contributed by atoms with Crippen LogP contribution in [0.2, 0.25) is 0 Å². The molecule has 0 saturated carbocycles. The van der Waals surface area contributed by atoms with Crippen LogP contribution in [-0.2, 0) is 0 Å². The summed E-state index contributed by atoms with van der Waals surface area (Å²) < 4.78 is 6.40. The summed E-state index contributed by atoms with van der Waals surface area (Å²) >= 11 is 0. The third-order valence-corrected chi connectivity index (χ3v) is 4.18. The molecule has 0 aromatic heterocycles. The van der Waals surface area contributed by atoms with Gasteiger partial charge in [0.2, 0.25) is 0 Å². The van der Waals surface area contributed by atoms with Gasteiger partial charge in [0.1, 0.15) is 0 Å². The van der Waals surface area contributed by atoms with E-state index in [0.717, 1.165) is 31.6 Å². The number of rotatable bonds is 3. The second kappa shape index (κ2) is 6.69. The number of quaternary nitrogens is 1. The second-order valence-electron chi connectivity index (χ2n) is 7.31. The minimum absolute atomic E-state index is 0.213. The summed E-state index contributed by atoms with van der Waals surface area (Å²) in [4.78, 5) is 14.2. The predicted molar refractivity (Wildman–Crippen MR) is 91.5 cm³/mol. The number of hydrogen-bond acceptors (Lipinski definition) is 2. The highest BCUT2D eigenvalue weighted by Gasteiger charge is 2.25. The van der Waals surface area contributed by atoms with Crippen molar-refractivity contribution < 1.29 is 9.53 Å². The molecule has 0 unspecified atom stereocenters. The van der Waals surface area contributed by atoms with Crippen molar-refractivity contribution in [3.8, 4) is 5.75 Å². The standard InChI is InChI=1S/C18H29N2O2/c1-14(2)15-9-10-16(20(3,4)5)17(13-15)22-18(21)19-11-7-6-8-12-19/h9-10,13-14H,6-8,11-12H2,1-5H3/q+1. The molecule has 0 spiro atoms. The Morgan fingerprint density at radius 1 is 1.14 bits per heavy atom. The van der Waals surface area contributed by atoms with Gasteiger partial charge in [-0.2, -0.15) is 0 Å². The maximum absolute atomic E-state index is 12.4. The first-order chi connectivity index (χ1) is 10.3. The van der Waals surface area contributed by atoms with Gasteiger partial charge in [0, 0.05) is 19.2 Å². The van der Waals surface area contributed by atoms with Gasteiger partial charge in [-0.3, -0.25) is 4.48 Å². The first-order valence-electron chi connectivity index (χ1n) is 8.22. The zero-order valence-electron chi connectivity index (χ0n) is 14.6. The molecule has 1 saturated heterocycles. The van der Waals surface area contributed by atoms with E-state index in [9.17, 15) is 4.79 Å². The average molecular weight is 305 g/mol. The maximum atomic E-state index is 12.4. The Labute approximate surface area is 134 Å². The van der Waals surface area contributed by atoms with Gasteiger partial charge in [-0.15, -0.1) is 0 Å². The molecule has 0 aliphatic carbocycles. The summed E-state index contributed by atoms with van der Waals surface area (Å²) in [6.45, 7) is 5.92. The van der Waals surface area contributed by atoms with Crippen molar-refractivity contribution in [3.63, 3.8) is 0 Å². The Kier molecular flexibility index (Phi) is 5.12. The van der Waals surface area contributed by atoms with Crippen molar-refractivity contribution in [2.45, 2.75) is 39.0 Å². The van der Waals surface area contributed by atoms with Gasteiger partial charge in [-0.1, -0.05) is 19.9 Å². The molecule has 1 heterocycles. The Balaban J connectivity index is 2.26. The number of nitrogens with zero attached hydrogens (tertiary/aromatic N) is 2. The van der Waals surface area contributed by atoms with E-state index in [-0.39, 0.29) is 6.09 Å². The van der Waals surface area contributed by atoms with Gasteiger partial charge in [0.05, 0.1) is 21.1 Å². The summed E-state index contributed by atoms with van der Waals surface area (Å²) in [5, 5.41) is 0. The molecule has 122 valence electrons. The predicted octanol–water partition coefficient (Wildman–Crippen LogP) is 3.99. The van der Waals surface area contributed by atoms with Crippen LogP contribution in [0.5, 0.6) is 5.75 Å². The van der Waals surface area contributed by atoms with Crippen LogP contribution in [0, 0.1) is 0 Å². The lowest BCUT2D eigenvalue weighted by Crippen LogP contribution is -2.39. The van der Waals surface area contributed by atoms with Gasteiger partial charge in [0.15, 0.2) is 11.4 Å². The molecule has 4 nitrogen and oxygen atoms in total. The molecule has 1 aromatic rings. The third-order valence-electron chi connectivity index (χ3n) is 4.18. The largest absolute Gasteiger partial charge is 0.415 e. The van der Waals surface area contributed by atoms with E-state index in [1.54, 1.807) is 0 Å². The van der Waals surface area contributed by atoms with Crippen LogP contribution in [-0.4, -0.2) is 45.2 Å². The zero-order chi connectivity index (χ0) is 16.3. The van der Waals surface area contributed by atoms with Crippen LogP contribution in [0.15, 0.2) is 18.2 Å². The molecule has 1 aliphatic rings. The molecule has 1 aromatic carbocycles. The van der Waals surface area contributed by atoms with Crippen molar-refractivity contribution in [1.82, 2.24) is 9.38 Å². The lowest BCUT2D eigenvalue weighted by Gasteiger charge is -2.29. The molecule has 0 bridgehead atoms. The van der Waals surface area contributed by atoms with E-state index in [1.165, 1.54) is 12.0 Å².